The molecule has 0 fully saturated rings. The number of nitro groups is 1. The number of nitrogens with one attached hydrogen (secondary N) is 1. The lowest BCUT2D eigenvalue weighted by Crippen LogP contribution is -2.15. The van der Waals surface area contributed by atoms with E-state index in [1.54, 1.807) is 12.1 Å². The molecule has 1 aliphatic carbocycles. The highest BCUT2D eigenvalue weighted by atomic mass is 19.1. The van der Waals surface area contributed by atoms with Crippen LogP contribution in [0.3, 0.4) is 0 Å². The highest BCUT2D eigenvalue weighted by molar-refractivity contribution is 6.00. The molecule has 5 rings (SSSR count). The third-order valence-corrected chi connectivity index (χ3v) is 5.56. The fraction of sp³-hybridized carbons (Fsp3) is 0.0833. The molecule has 1 unspecified atom stereocenters. The summed E-state index contributed by atoms with van der Waals surface area (Å²) in [7, 11) is 0. The highest BCUT2D eigenvalue weighted by Gasteiger charge is 2.32. The van der Waals surface area contributed by atoms with Gasteiger partial charge in [0.1, 0.15) is 11.6 Å². The molecular formula is C24H16F2N2O2. The summed E-state index contributed by atoms with van der Waals surface area (Å²) in [5.74, 6) is -1.63. The minimum atomic E-state index is -0.728. The summed E-state index contributed by atoms with van der Waals surface area (Å²) in [6, 6.07) is 18.3. The van der Waals surface area contributed by atoms with E-state index in [0.29, 0.717) is 33.3 Å². The van der Waals surface area contributed by atoms with Gasteiger partial charge >= 0.3 is 0 Å². The lowest BCUT2D eigenvalue weighted by atomic mass is 9.87. The van der Waals surface area contributed by atoms with Gasteiger partial charge in [0.2, 0.25) is 6.54 Å². The van der Waals surface area contributed by atoms with Crippen LogP contribution in [0.2, 0.25) is 0 Å². The Morgan fingerprint density at radius 2 is 1.70 bits per heavy atom. The molecule has 1 aliphatic rings. The van der Waals surface area contributed by atoms with Gasteiger partial charge in [0.05, 0.1) is 11.6 Å². The van der Waals surface area contributed by atoms with Crippen molar-refractivity contribution >= 4 is 22.6 Å². The second-order valence-electron chi connectivity index (χ2n) is 7.37. The molecule has 0 radical (unpaired) electrons. The van der Waals surface area contributed by atoms with E-state index in [4.69, 9.17) is 0 Å². The van der Waals surface area contributed by atoms with Gasteiger partial charge < -0.3 is 4.98 Å². The first kappa shape index (κ1) is 18.2. The molecule has 4 aromatic rings. The minimum absolute atomic E-state index is 0.408. The van der Waals surface area contributed by atoms with Gasteiger partial charge in [0.25, 0.3) is 0 Å². The first-order chi connectivity index (χ1) is 14.5. The lowest BCUT2D eigenvalue weighted by molar-refractivity contribution is -0.481. The molecule has 0 spiro atoms. The fourth-order valence-electron chi connectivity index (χ4n) is 4.31. The summed E-state index contributed by atoms with van der Waals surface area (Å²) in [5, 5.41) is 12.1. The third kappa shape index (κ3) is 2.97. The summed E-state index contributed by atoms with van der Waals surface area (Å²) >= 11 is 0. The molecular weight excluding hydrogens is 386 g/mol. The standard InChI is InChI=1S/C24H16F2N2O2/c25-16-7-6-15-10-19(14-4-2-1-3-5-14)24-23(21(13-28(29)30)18(15)11-16)20-12-17(26)8-9-22(20)27-24/h1-12,21,27H,13H2. The lowest BCUT2D eigenvalue weighted by Gasteiger charge is -2.16. The highest BCUT2D eigenvalue weighted by Crippen LogP contribution is 2.44. The molecule has 0 bridgehead atoms. The Bertz CT molecular complexity index is 1330. The molecule has 1 atom stereocenters. The van der Waals surface area contributed by atoms with Crippen molar-refractivity contribution in [1.82, 2.24) is 4.98 Å². The molecule has 1 aromatic heterocycles. The van der Waals surface area contributed by atoms with Crippen molar-refractivity contribution in [2.45, 2.75) is 5.92 Å². The molecule has 30 heavy (non-hydrogen) atoms. The van der Waals surface area contributed by atoms with Crippen molar-refractivity contribution in [3.05, 3.63) is 116 Å². The Morgan fingerprint density at radius 3 is 2.47 bits per heavy atom. The van der Waals surface area contributed by atoms with Crippen LogP contribution in [0, 0.1) is 21.7 Å². The molecule has 3 aromatic carbocycles. The SMILES string of the molecule is O=[N+]([O-])CC1c2cc(F)ccc2C=C(c2ccccc2)c2[nH]c3ccc(F)cc3c21. The molecule has 0 aliphatic heterocycles. The molecule has 148 valence electrons. The van der Waals surface area contributed by atoms with Crippen molar-refractivity contribution in [1.29, 1.82) is 0 Å². The molecule has 1 N–H and O–H groups in total. The van der Waals surface area contributed by atoms with E-state index in [1.165, 1.54) is 24.3 Å². The number of H-pyrrole nitrogens is 1. The van der Waals surface area contributed by atoms with Gasteiger partial charge in [-0.05, 0) is 58.7 Å². The van der Waals surface area contributed by atoms with E-state index in [0.717, 1.165) is 11.1 Å². The van der Waals surface area contributed by atoms with Crippen molar-refractivity contribution in [3.8, 4) is 0 Å². The molecule has 1 heterocycles. The smallest absolute Gasteiger partial charge is 0.214 e. The topological polar surface area (TPSA) is 58.9 Å². The Balaban J connectivity index is 1.90. The summed E-state index contributed by atoms with van der Waals surface area (Å²) in [6.45, 7) is -0.428. The average molecular weight is 402 g/mol. The maximum absolute atomic E-state index is 14.2. The number of benzene rings is 3. The molecule has 6 heteroatoms. The Morgan fingerprint density at radius 1 is 0.967 bits per heavy atom. The van der Waals surface area contributed by atoms with Crippen molar-refractivity contribution in [2.24, 2.45) is 0 Å². The Kier molecular flexibility index (Phi) is 4.20. The maximum Gasteiger partial charge on any atom is 0.214 e. The zero-order valence-corrected chi connectivity index (χ0v) is 15.7. The first-order valence-corrected chi connectivity index (χ1v) is 9.51. The fourth-order valence-corrected chi connectivity index (χ4v) is 4.31. The monoisotopic (exact) mass is 402 g/mol. The molecule has 0 amide bonds. The van der Waals surface area contributed by atoms with E-state index in [9.17, 15) is 18.9 Å². The molecule has 0 saturated heterocycles. The Hall–Kier alpha value is -3.80. The van der Waals surface area contributed by atoms with Crippen molar-refractivity contribution in [2.75, 3.05) is 6.54 Å². The predicted molar refractivity (Wildman–Crippen MR) is 112 cm³/mol. The number of halogens is 2. The second-order valence-corrected chi connectivity index (χ2v) is 7.37. The van der Waals surface area contributed by atoms with Crippen LogP contribution in [0.4, 0.5) is 8.78 Å². The van der Waals surface area contributed by atoms with Crippen LogP contribution in [-0.4, -0.2) is 16.5 Å². The quantitative estimate of drug-likeness (QED) is 0.350. The van der Waals surface area contributed by atoms with Gasteiger partial charge in [0.15, 0.2) is 0 Å². The van der Waals surface area contributed by atoms with Gasteiger partial charge in [0, 0.05) is 21.4 Å². The number of aromatic amines is 1. The Labute approximate surface area is 170 Å². The van der Waals surface area contributed by atoms with E-state index in [1.807, 2.05) is 36.4 Å². The summed E-state index contributed by atoms with van der Waals surface area (Å²) in [4.78, 5) is 14.5. The summed E-state index contributed by atoms with van der Waals surface area (Å²) in [6.07, 6.45) is 1.91. The van der Waals surface area contributed by atoms with Crippen LogP contribution in [0.5, 0.6) is 0 Å². The molecule has 0 saturated carbocycles. The van der Waals surface area contributed by atoms with Crippen LogP contribution >= 0.6 is 0 Å². The number of rotatable bonds is 3. The zero-order valence-electron chi connectivity index (χ0n) is 15.7. The van der Waals surface area contributed by atoms with Crippen LogP contribution in [0.15, 0.2) is 66.7 Å². The second kappa shape index (κ2) is 6.91. The van der Waals surface area contributed by atoms with Crippen LogP contribution in [-0.2, 0) is 0 Å². The maximum atomic E-state index is 14.2. The van der Waals surface area contributed by atoms with Crippen molar-refractivity contribution < 1.29 is 13.7 Å². The van der Waals surface area contributed by atoms with E-state index >= 15 is 0 Å². The number of hydrogen-bond acceptors (Lipinski definition) is 2. The van der Waals surface area contributed by atoms with E-state index < -0.39 is 29.0 Å². The third-order valence-electron chi connectivity index (χ3n) is 5.56. The van der Waals surface area contributed by atoms with Crippen LogP contribution < -0.4 is 0 Å². The van der Waals surface area contributed by atoms with Gasteiger partial charge in [-0.1, -0.05) is 36.4 Å². The van der Waals surface area contributed by atoms with Gasteiger partial charge in [-0.2, -0.15) is 0 Å². The molecule has 4 nitrogen and oxygen atoms in total. The number of nitrogens with zero attached hydrogens (tertiary/aromatic N) is 1. The minimum Gasteiger partial charge on any atom is -0.354 e. The predicted octanol–water partition coefficient (Wildman–Crippen LogP) is 5.76. The number of hydrogen-bond donors (Lipinski definition) is 1. The largest absolute Gasteiger partial charge is 0.354 e. The van der Waals surface area contributed by atoms with Gasteiger partial charge in [-0.3, -0.25) is 10.1 Å². The first-order valence-electron chi connectivity index (χ1n) is 9.51. The summed E-state index contributed by atoms with van der Waals surface area (Å²) < 4.78 is 28.3. The number of aromatic nitrogens is 1. The normalized spacial score (nSPS) is 15.3. The zero-order chi connectivity index (χ0) is 20.8. The van der Waals surface area contributed by atoms with Gasteiger partial charge in [-0.15, -0.1) is 0 Å². The van der Waals surface area contributed by atoms with Crippen molar-refractivity contribution in [3.63, 3.8) is 0 Å². The summed E-state index contributed by atoms with van der Waals surface area (Å²) in [5.41, 5.74) is 4.92. The average Bonchev–Trinajstić information content (AvgIpc) is 3.03. The van der Waals surface area contributed by atoms with Crippen LogP contribution in [0.1, 0.15) is 33.9 Å². The number of fused-ring (bicyclic) bond motifs is 4. The van der Waals surface area contributed by atoms with Crippen LogP contribution in [0.25, 0.3) is 22.6 Å². The van der Waals surface area contributed by atoms with E-state index in [2.05, 4.69) is 4.98 Å². The van der Waals surface area contributed by atoms with Gasteiger partial charge in [-0.25, -0.2) is 8.78 Å². The van der Waals surface area contributed by atoms with E-state index in [-0.39, 0.29) is 0 Å².